The molecule has 0 aromatic rings. The van der Waals surface area contributed by atoms with Crippen LogP contribution in [0, 0.1) is 11.3 Å². The van der Waals surface area contributed by atoms with Crippen LogP contribution in [-0.4, -0.2) is 27.1 Å². The summed E-state index contributed by atoms with van der Waals surface area (Å²) in [6.07, 6.45) is 11.0. The molecule has 4 nitrogen and oxygen atoms in total. The van der Waals surface area contributed by atoms with Gasteiger partial charge >= 0.3 is 0 Å². The molecule has 2 saturated carbocycles. The van der Waals surface area contributed by atoms with Gasteiger partial charge in [0.25, 0.3) is 10.1 Å². The first kappa shape index (κ1) is 14.0. The van der Waals surface area contributed by atoms with Crippen molar-refractivity contribution >= 4 is 16.4 Å². The lowest BCUT2D eigenvalue weighted by Crippen LogP contribution is -2.40. The zero-order chi connectivity index (χ0) is 13.2. The quantitative estimate of drug-likeness (QED) is 0.740. The summed E-state index contributed by atoms with van der Waals surface area (Å²) in [7, 11) is -3.49. The Morgan fingerprint density at radius 1 is 1.17 bits per heavy atom. The Kier molecular flexibility index (Phi) is 4.11. The Balaban J connectivity index is 2.05. The van der Waals surface area contributed by atoms with Crippen molar-refractivity contribution in [3.8, 4) is 0 Å². The lowest BCUT2D eigenvalue weighted by atomic mass is 9.62. The van der Waals surface area contributed by atoms with E-state index in [0.29, 0.717) is 6.42 Å². The van der Waals surface area contributed by atoms with Gasteiger partial charge in [0.1, 0.15) is 0 Å². The second kappa shape index (κ2) is 5.29. The summed E-state index contributed by atoms with van der Waals surface area (Å²) in [4.78, 5) is 11.1. The third kappa shape index (κ3) is 3.32. The van der Waals surface area contributed by atoms with Gasteiger partial charge in [-0.15, -0.1) is 0 Å². The number of carbonyl (C=O) groups excluding carboxylic acids is 1. The van der Waals surface area contributed by atoms with Crippen LogP contribution in [0.3, 0.4) is 0 Å². The minimum atomic E-state index is -3.49. The highest BCUT2D eigenvalue weighted by molar-refractivity contribution is 7.86. The summed E-state index contributed by atoms with van der Waals surface area (Å²) in [5.41, 5.74) is 0.248. The first-order chi connectivity index (χ1) is 8.44. The Morgan fingerprint density at radius 3 is 2.39 bits per heavy atom. The third-order valence-corrected chi connectivity index (χ3v) is 5.02. The van der Waals surface area contributed by atoms with Crippen LogP contribution in [0.1, 0.15) is 51.4 Å². The average Bonchev–Trinajstić information content (AvgIpc) is 2.31. The second-order valence-electron chi connectivity index (χ2n) is 5.87. The lowest BCUT2D eigenvalue weighted by Gasteiger charge is -2.44. The highest BCUT2D eigenvalue weighted by Crippen LogP contribution is 2.49. The molecule has 0 saturated heterocycles. The fourth-order valence-corrected chi connectivity index (χ4v) is 4.24. The fraction of sp³-hybridized carbons (Fsp3) is 0.923. The average molecular weight is 273 g/mol. The summed E-state index contributed by atoms with van der Waals surface area (Å²) >= 11 is 0. The summed E-state index contributed by atoms with van der Waals surface area (Å²) in [5.74, 6) is -0.383. The number of hydrogen-bond acceptors (Lipinski definition) is 4. The van der Waals surface area contributed by atoms with E-state index in [-0.39, 0.29) is 11.3 Å². The van der Waals surface area contributed by atoms with Crippen LogP contribution in [0.25, 0.3) is 0 Å². The van der Waals surface area contributed by atoms with Crippen LogP contribution in [-0.2, 0) is 19.1 Å². The molecule has 2 aliphatic carbocycles. The van der Waals surface area contributed by atoms with Gasteiger partial charge in [0.05, 0.1) is 18.3 Å². The SMILES string of the molecule is CS(=O)(=O)O[C@@H]1CCC2(CCCCC2)C[C@@H]1[C]=O. The van der Waals surface area contributed by atoms with E-state index in [1.54, 1.807) is 0 Å². The first-order valence-electron chi connectivity index (χ1n) is 6.70. The van der Waals surface area contributed by atoms with Crippen LogP contribution in [0.15, 0.2) is 0 Å². The second-order valence-corrected chi connectivity index (χ2v) is 7.47. The van der Waals surface area contributed by atoms with E-state index in [4.69, 9.17) is 4.18 Å². The molecule has 0 N–H and O–H groups in total. The van der Waals surface area contributed by atoms with Gasteiger partial charge in [-0.3, -0.25) is 8.98 Å². The maximum atomic E-state index is 11.2. The Bertz CT molecular complexity index is 395. The summed E-state index contributed by atoms with van der Waals surface area (Å²) in [5, 5.41) is 0. The molecule has 0 unspecified atom stereocenters. The zero-order valence-electron chi connectivity index (χ0n) is 10.9. The van der Waals surface area contributed by atoms with Crippen LogP contribution in [0.4, 0.5) is 0 Å². The smallest absolute Gasteiger partial charge is 0.264 e. The molecule has 5 heteroatoms. The van der Waals surface area contributed by atoms with Crippen LogP contribution in [0.5, 0.6) is 0 Å². The molecule has 0 heterocycles. The minimum Gasteiger partial charge on any atom is -0.290 e. The molecule has 2 atom stereocenters. The lowest BCUT2D eigenvalue weighted by molar-refractivity contribution is 0.0313. The van der Waals surface area contributed by atoms with Gasteiger partial charge in [0.15, 0.2) is 0 Å². The van der Waals surface area contributed by atoms with Crippen molar-refractivity contribution in [3.63, 3.8) is 0 Å². The number of rotatable bonds is 3. The summed E-state index contributed by atoms with van der Waals surface area (Å²) in [6, 6.07) is 0. The van der Waals surface area contributed by atoms with Crippen molar-refractivity contribution < 1.29 is 17.4 Å². The van der Waals surface area contributed by atoms with Gasteiger partial charge in [0.2, 0.25) is 6.29 Å². The van der Waals surface area contributed by atoms with E-state index in [0.717, 1.165) is 31.9 Å². The van der Waals surface area contributed by atoms with Gasteiger partial charge in [-0.1, -0.05) is 19.3 Å². The molecule has 0 aromatic heterocycles. The monoisotopic (exact) mass is 273 g/mol. The summed E-state index contributed by atoms with van der Waals surface area (Å²) < 4.78 is 27.4. The van der Waals surface area contributed by atoms with Gasteiger partial charge in [-0.2, -0.15) is 8.42 Å². The maximum Gasteiger partial charge on any atom is 0.264 e. The predicted molar refractivity (Wildman–Crippen MR) is 68.3 cm³/mol. The van der Waals surface area contributed by atoms with E-state index < -0.39 is 16.2 Å². The predicted octanol–water partition coefficient (Wildman–Crippen LogP) is 2.19. The van der Waals surface area contributed by atoms with Crippen molar-refractivity contribution in [1.82, 2.24) is 0 Å². The van der Waals surface area contributed by atoms with E-state index in [1.165, 1.54) is 19.3 Å². The highest BCUT2D eigenvalue weighted by atomic mass is 32.2. The highest BCUT2D eigenvalue weighted by Gasteiger charge is 2.43. The van der Waals surface area contributed by atoms with Crippen LogP contribution >= 0.6 is 0 Å². The van der Waals surface area contributed by atoms with E-state index in [2.05, 4.69) is 0 Å². The van der Waals surface area contributed by atoms with Crippen molar-refractivity contribution in [2.45, 2.75) is 57.5 Å². The first-order valence-corrected chi connectivity index (χ1v) is 8.52. The molecule has 0 aromatic carbocycles. The largest absolute Gasteiger partial charge is 0.290 e. The summed E-state index contributed by atoms with van der Waals surface area (Å²) in [6.45, 7) is 0. The van der Waals surface area contributed by atoms with Crippen LogP contribution < -0.4 is 0 Å². The van der Waals surface area contributed by atoms with E-state index in [1.807, 2.05) is 6.29 Å². The van der Waals surface area contributed by atoms with Crippen LogP contribution in [0.2, 0.25) is 0 Å². The maximum absolute atomic E-state index is 11.2. The van der Waals surface area contributed by atoms with E-state index >= 15 is 0 Å². The molecule has 2 fully saturated rings. The Labute approximate surface area is 109 Å². The normalized spacial score (nSPS) is 32.3. The molecule has 103 valence electrons. The van der Waals surface area contributed by atoms with Gasteiger partial charge in [0, 0.05) is 0 Å². The van der Waals surface area contributed by atoms with Crippen molar-refractivity contribution in [2.24, 2.45) is 11.3 Å². The Hall–Kier alpha value is -0.420. The molecule has 1 radical (unpaired) electrons. The van der Waals surface area contributed by atoms with Crippen molar-refractivity contribution in [1.29, 1.82) is 0 Å². The zero-order valence-corrected chi connectivity index (χ0v) is 11.7. The molecule has 2 rings (SSSR count). The fourth-order valence-electron chi connectivity index (χ4n) is 3.56. The minimum absolute atomic E-state index is 0.248. The molecule has 1 spiro atoms. The van der Waals surface area contributed by atoms with Crippen molar-refractivity contribution in [3.05, 3.63) is 0 Å². The van der Waals surface area contributed by atoms with Gasteiger partial charge in [-0.25, -0.2) is 0 Å². The molecular weight excluding hydrogens is 252 g/mol. The molecule has 0 amide bonds. The molecule has 0 bridgehead atoms. The molecule has 2 aliphatic rings. The molecule has 0 aliphatic heterocycles. The third-order valence-electron chi connectivity index (χ3n) is 4.42. The molecular formula is C13H21O4S. The van der Waals surface area contributed by atoms with Gasteiger partial charge < -0.3 is 0 Å². The number of hydrogen-bond donors (Lipinski definition) is 0. The topological polar surface area (TPSA) is 60.4 Å². The van der Waals surface area contributed by atoms with Crippen molar-refractivity contribution in [2.75, 3.05) is 6.26 Å². The van der Waals surface area contributed by atoms with E-state index in [9.17, 15) is 13.2 Å². The van der Waals surface area contributed by atoms with Gasteiger partial charge in [-0.05, 0) is 37.5 Å². The Morgan fingerprint density at radius 2 is 1.83 bits per heavy atom. The standard InChI is InChI=1S/C13H21O4S/c1-18(15,16)17-12-5-8-13(9-11(12)10-14)6-3-2-4-7-13/h11-12H,2-9H2,1H3/t11-,12-/m1/s1. The molecule has 18 heavy (non-hydrogen) atoms.